The molecule has 0 spiro atoms. The second-order valence-electron chi connectivity index (χ2n) is 5.57. The highest BCUT2D eigenvalue weighted by Gasteiger charge is 2.36. The number of likely N-dealkylation sites (tertiary alicyclic amines) is 1. The molecule has 6 nitrogen and oxygen atoms in total. The van der Waals surface area contributed by atoms with Crippen molar-refractivity contribution in [2.45, 2.75) is 19.8 Å². The number of nitrogens with one attached hydrogen (secondary N) is 1. The van der Waals surface area contributed by atoms with E-state index in [9.17, 15) is 9.59 Å². The number of carbonyl (C=O) groups is 2. The van der Waals surface area contributed by atoms with Gasteiger partial charge in [0.15, 0.2) is 0 Å². The summed E-state index contributed by atoms with van der Waals surface area (Å²) >= 11 is 0. The van der Waals surface area contributed by atoms with E-state index in [1.165, 1.54) is 0 Å². The van der Waals surface area contributed by atoms with E-state index in [1.807, 2.05) is 21.0 Å². The Morgan fingerprint density at radius 2 is 2.00 bits per heavy atom. The van der Waals surface area contributed by atoms with Crippen molar-refractivity contribution in [1.29, 1.82) is 0 Å². The average Bonchev–Trinajstić information content (AvgIpc) is 2.70. The maximum Gasteiger partial charge on any atom is 0.317 e. The van der Waals surface area contributed by atoms with Crippen LogP contribution in [0.3, 0.4) is 0 Å². The second-order valence-corrected chi connectivity index (χ2v) is 5.57. The highest BCUT2D eigenvalue weighted by atomic mass is 16.4. The molecule has 1 aliphatic rings. The second kappa shape index (κ2) is 7.33. The molecular formula is C13H25N3O3. The first-order valence-corrected chi connectivity index (χ1v) is 6.82. The fourth-order valence-electron chi connectivity index (χ4n) is 2.31. The van der Waals surface area contributed by atoms with Gasteiger partial charge in [-0.2, -0.15) is 0 Å². The van der Waals surface area contributed by atoms with Crippen molar-refractivity contribution in [3.05, 3.63) is 0 Å². The number of carbonyl (C=O) groups excluding carboxylic acids is 1. The molecule has 0 saturated carbocycles. The SMILES string of the molecule is CC1CN(C(=O)NCCCCN(C)C)CC1C(=O)O. The van der Waals surface area contributed by atoms with E-state index in [4.69, 9.17) is 5.11 Å². The molecule has 2 unspecified atom stereocenters. The lowest BCUT2D eigenvalue weighted by Crippen LogP contribution is -2.39. The van der Waals surface area contributed by atoms with Crippen molar-refractivity contribution in [1.82, 2.24) is 15.1 Å². The van der Waals surface area contributed by atoms with Crippen LogP contribution in [0.25, 0.3) is 0 Å². The molecule has 0 aromatic heterocycles. The number of hydrogen-bond donors (Lipinski definition) is 2. The third-order valence-electron chi connectivity index (χ3n) is 3.53. The van der Waals surface area contributed by atoms with Gasteiger partial charge in [-0.1, -0.05) is 6.92 Å². The molecular weight excluding hydrogens is 246 g/mol. The first-order valence-electron chi connectivity index (χ1n) is 6.82. The van der Waals surface area contributed by atoms with Crippen LogP contribution in [-0.2, 0) is 4.79 Å². The molecule has 0 aliphatic carbocycles. The van der Waals surface area contributed by atoms with Crippen LogP contribution in [0.4, 0.5) is 4.79 Å². The number of carboxylic acid groups (broad SMARTS) is 1. The summed E-state index contributed by atoms with van der Waals surface area (Å²) in [5, 5.41) is 11.9. The van der Waals surface area contributed by atoms with Crippen LogP contribution < -0.4 is 5.32 Å². The largest absolute Gasteiger partial charge is 0.481 e. The molecule has 1 saturated heterocycles. The van der Waals surface area contributed by atoms with Crippen LogP contribution in [0.15, 0.2) is 0 Å². The van der Waals surface area contributed by atoms with Gasteiger partial charge in [-0.15, -0.1) is 0 Å². The summed E-state index contributed by atoms with van der Waals surface area (Å²) in [6, 6.07) is -0.138. The molecule has 1 rings (SSSR count). The normalized spacial score (nSPS) is 22.8. The number of amides is 2. The van der Waals surface area contributed by atoms with Gasteiger partial charge in [-0.05, 0) is 39.4 Å². The highest BCUT2D eigenvalue weighted by molar-refractivity contribution is 5.77. The van der Waals surface area contributed by atoms with Crippen molar-refractivity contribution in [2.24, 2.45) is 11.8 Å². The molecule has 1 aliphatic heterocycles. The predicted octanol–water partition coefficient (Wildman–Crippen LogP) is 0.690. The number of urea groups is 1. The first-order chi connectivity index (χ1) is 8.91. The Morgan fingerprint density at radius 1 is 1.32 bits per heavy atom. The van der Waals surface area contributed by atoms with Crippen molar-refractivity contribution < 1.29 is 14.7 Å². The van der Waals surface area contributed by atoms with Gasteiger partial charge in [0, 0.05) is 19.6 Å². The zero-order chi connectivity index (χ0) is 14.4. The zero-order valence-electron chi connectivity index (χ0n) is 12.1. The molecule has 19 heavy (non-hydrogen) atoms. The van der Waals surface area contributed by atoms with Gasteiger partial charge in [0.2, 0.25) is 0 Å². The van der Waals surface area contributed by atoms with Crippen molar-refractivity contribution in [2.75, 3.05) is 40.3 Å². The Labute approximate surface area is 114 Å². The minimum absolute atomic E-state index is 0.0250. The van der Waals surface area contributed by atoms with E-state index in [-0.39, 0.29) is 11.9 Å². The van der Waals surface area contributed by atoms with Crippen LogP contribution in [-0.4, -0.2) is 67.2 Å². The minimum Gasteiger partial charge on any atom is -0.481 e. The van der Waals surface area contributed by atoms with Gasteiger partial charge in [0.25, 0.3) is 0 Å². The monoisotopic (exact) mass is 271 g/mol. The number of nitrogens with zero attached hydrogens (tertiary/aromatic N) is 2. The van der Waals surface area contributed by atoms with Gasteiger partial charge < -0.3 is 20.2 Å². The van der Waals surface area contributed by atoms with Crippen LogP contribution >= 0.6 is 0 Å². The predicted molar refractivity (Wildman–Crippen MR) is 73.0 cm³/mol. The van der Waals surface area contributed by atoms with Gasteiger partial charge in [0.05, 0.1) is 5.92 Å². The topological polar surface area (TPSA) is 72.9 Å². The van der Waals surface area contributed by atoms with Gasteiger partial charge in [0.1, 0.15) is 0 Å². The Hall–Kier alpha value is -1.30. The molecule has 0 aromatic rings. The molecule has 6 heteroatoms. The quantitative estimate of drug-likeness (QED) is 0.697. The molecule has 0 radical (unpaired) electrons. The molecule has 1 fully saturated rings. The Balaban J connectivity index is 2.22. The third-order valence-corrected chi connectivity index (χ3v) is 3.53. The Bertz CT molecular complexity index is 320. The number of hydrogen-bond acceptors (Lipinski definition) is 3. The lowest BCUT2D eigenvalue weighted by molar-refractivity contribution is -0.142. The average molecular weight is 271 g/mol. The first kappa shape index (κ1) is 15.8. The molecule has 0 aromatic carbocycles. The summed E-state index contributed by atoms with van der Waals surface area (Å²) in [4.78, 5) is 26.6. The molecule has 0 bridgehead atoms. The standard InChI is InChI=1S/C13H25N3O3/c1-10-8-16(9-11(10)12(17)18)13(19)14-6-4-5-7-15(2)3/h10-11H,4-9H2,1-3H3,(H,14,19)(H,17,18). The van der Waals surface area contributed by atoms with Crippen LogP contribution in [0.1, 0.15) is 19.8 Å². The lowest BCUT2D eigenvalue weighted by Gasteiger charge is -2.17. The molecule has 1 heterocycles. The fraction of sp³-hybridized carbons (Fsp3) is 0.846. The molecule has 2 atom stereocenters. The summed E-state index contributed by atoms with van der Waals surface area (Å²) in [6.45, 7) is 4.39. The van der Waals surface area contributed by atoms with Gasteiger partial charge in [-0.3, -0.25) is 4.79 Å². The molecule has 2 N–H and O–H groups in total. The van der Waals surface area contributed by atoms with Gasteiger partial charge >= 0.3 is 12.0 Å². The van der Waals surface area contributed by atoms with E-state index < -0.39 is 11.9 Å². The number of carboxylic acids is 1. The third kappa shape index (κ3) is 5.06. The summed E-state index contributed by atoms with van der Waals surface area (Å²) in [7, 11) is 4.05. The highest BCUT2D eigenvalue weighted by Crippen LogP contribution is 2.22. The zero-order valence-corrected chi connectivity index (χ0v) is 12.1. The maximum atomic E-state index is 11.9. The summed E-state index contributed by atoms with van der Waals surface area (Å²) in [5.74, 6) is -1.22. The maximum absolute atomic E-state index is 11.9. The van der Waals surface area contributed by atoms with Crippen molar-refractivity contribution in [3.8, 4) is 0 Å². The Kier molecular flexibility index (Phi) is 6.08. The van der Waals surface area contributed by atoms with Crippen LogP contribution in [0.2, 0.25) is 0 Å². The molecule has 110 valence electrons. The van der Waals surface area contributed by atoms with E-state index >= 15 is 0 Å². The summed E-state index contributed by atoms with van der Waals surface area (Å²) in [5.41, 5.74) is 0. The summed E-state index contributed by atoms with van der Waals surface area (Å²) in [6.07, 6.45) is 1.98. The molecule has 2 amide bonds. The minimum atomic E-state index is -0.811. The van der Waals surface area contributed by atoms with Crippen LogP contribution in [0, 0.1) is 11.8 Å². The van der Waals surface area contributed by atoms with E-state index in [1.54, 1.807) is 4.90 Å². The van der Waals surface area contributed by atoms with Crippen molar-refractivity contribution >= 4 is 12.0 Å². The van der Waals surface area contributed by atoms with Crippen LogP contribution in [0.5, 0.6) is 0 Å². The number of aliphatic carboxylic acids is 1. The van der Waals surface area contributed by atoms with E-state index in [0.29, 0.717) is 19.6 Å². The van der Waals surface area contributed by atoms with Crippen molar-refractivity contribution in [3.63, 3.8) is 0 Å². The number of rotatable bonds is 6. The van der Waals surface area contributed by atoms with E-state index in [2.05, 4.69) is 10.2 Å². The lowest BCUT2D eigenvalue weighted by atomic mass is 9.99. The summed E-state index contributed by atoms with van der Waals surface area (Å²) < 4.78 is 0. The number of unbranched alkanes of at least 4 members (excludes halogenated alkanes) is 1. The Morgan fingerprint density at radius 3 is 2.53 bits per heavy atom. The fourth-order valence-corrected chi connectivity index (χ4v) is 2.31. The van der Waals surface area contributed by atoms with E-state index in [0.717, 1.165) is 19.4 Å². The smallest absolute Gasteiger partial charge is 0.317 e. The van der Waals surface area contributed by atoms with Gasteiger partial charge in [-0.25, -0.2) is 4.79 Å².